The van der Waals surface area contributed by atoms with Crippen molar-refractivity contribution in [1.82, 2.24) is 0 Å². The highest BCUT2D eigenvalue weighted by Gasteiger charge is 2.06. The van der Waals surface area contributed by atoms with Crippen molar-refractivity contribution in [2.24, 2.45) is 0 Å². The molecule has 0 aliphatic heterocycles. The second-order valence-electron chi connectivity index (χ2n) is 7.40. The molecular formula is C35H52O7. The van der Waals surface area contributed by atoms with Crippen molar-refractivity contribution in [3.63, 3.8) is 0 Å². The van der Waals surface area contributed by atoms with Crippen molar-refractivity contribution in [1.29, 1.82) is 0 Å². The van der Waals surface area contributed by atoms with Gasteiger partial charge in [-0.2, -0.15) is 0 Å². The molecule has 42 heavy (non-hydrogen) atoms. The van der Waals surface area contributed by atoms with E-state index in [-0.39, 0.29) is 11.4 Å². The summed E-state index contributed by atoms with van der Waals surface area (Å²) in [5, 5.41) is 0. The van der Waals surface area contributed by atoms with E-state index in [0.717, 1.165) is 23.3 Å². The van der Waals surface area contributed by atoms with Gasteiger partial charge >= 0.3 is 11.9 Å². The number of esters is 2. The van der Waals surface area contributed by atoms with Crippen LogP contribution in [0.25, 0.3) is 11.1 Å². The molecular weight excluding hydrogens is 532 g/mol. The van der Waals surface area contributed by atoms with Crippen molar-refractivity contribution in [3.05, 3.63) is 97.6 Å². The van der Waals surface area contributed by atoms with Gasteiger partial charge in [0.25, 0.3) is 0 Å². The Morgan fingerprint density at radius 3 is 1.45 bits per heavy atom. The molecule has 2 aromatic carbocycles. The zero-order valence-corrected chi connectivity index (χ0v) is 26.8. The van der Waals surface area contributed by atoms with Crippen molar-refractivity contribution in [2.45, 2.75) is 68.2 Å². The van der Waals surface area contributed by atoms with E-state index >= 15 is 0 Å². The highest BCUT2D eigenvalue weighted by molar-refractivity contribution is 5.88. The number of rotatable bonds is 12. The lowest BCUT2D eigenvalue weighted by Gasteiger charge is -2.08. The first kappa shape index (κ1) is 44.8. The fourth-order valence-electron chi connectivity index (χ4n) is 2.48. The second-order valence-corrected chi connectivity index (χ2v) is 7.40. The lowest BCUT2D eigenvalue weighted by molar-refractivity contribution is -0.138. The van der Waals surface area contributed by atoms with E-state index in [1.807, 2.05) is 90.1 Å². The third-order valence-corrected chi connectivity index (χ3v) is 4.28. The predicted octanol–water partition coefficient (Wildman–Crippen LogP) is 8.29. The van der Waals surface area contributed by atoms with Crippen LogP contribution in [0.3, 0.4) is 0 Å². The third kappa shape index (κ3) is 22.6. The number of hydrogen-bond acceptors (Lipinski definition) is 6. The number of hydrogen-bond donors (Lipinski definition) is 0. The first-order valence-electron chi connectivity index (χ1n) is 14.0. The van der Waals surface area contributed by atoms with E-state index in [1.165, 1.54) is 6.08 Å². The molecule has 0 bridgehead atoms. The maximum Gasteiger partial charge on any atom is 0.338 e. The van der Waals surface area contributed by atoms with Crippen LogP contribution in [0.15, 0.2) is 97.6 Å². The molecule has 0 spiro atoms. The van der Waals surface area contributed by atoms with Gasteiger partial charge in [0.1, 0.15) is 17.8 Å². The van der Waals surface area contributed by atoms with Crippen molar-refractivity contribution >= 4 is 18.2 Å². The van der Waals surface area contributed by atoms with Crippen molar-refractivity contribution in [2.75, 3.05) is 13.2 Å². The average molecular weight is 585 g/mol. The minimum absolute atomic E-state index is 0. The van der Waals surface area contributed by atoms with Gasteiger partial charge in [0, 0.05) is 11.1 Å². The molecule has 0 unspecified atom stereocenters. The smallest absolute Gasteiger partial charge is 0.338 e. The Morgan fingerprint density at radius 1 is 0.690 bits per heavy atom. The van der Waals surface area contributed by atoms with Crippen LogP contribution in [-0.4, -0.2) is 36.9 Å². The van der Waals surface area contributed by atoms with Crippen LogP contribution in [0, 0.1) is 0 Å². The van der Waals surface area contributed by atoms with E-state index in [4.69, 9.17) is 19.0 Å². The molecule has 0 fully saturated rings. The normalized spacial score (nSPS) is 8.67. The van der Waals surface area contributed by atoms with Gasteiger partial charge in [-0.1, -0.05) is 97.7 Å². The summed E-state index contributed by atoms with van der Waals surface area (Å²) in [6, 6.07) is 15.1. The molecule has 0 aromatic heterocycles. The average Bonchev–Trinajstić information content (AvgIpc) is 3.02. The highest BCUT2D eigenvalue weighted by Crippen LogP contribution is 2.25. The monoisotopic (exact) mass is 584 g/mol. The van der Waals surface area contributed by atoms with Crippen LogP contribution in [0.1, 0.15) is 68.2 Å². The molecule has 7 nitrogen and oxygen atoms in total. The van der Waals surface area contributed by atoms with Gasteiger partial charge in [0.05, 0.1) is 13.2 Å². The molecule has 0 aliphatic carbocycles. The summed E-state index contributed by atoms with van der Waals surface area (Å²) in [6.45, 7) is 26.4. The molecule has 2 rings (SSSR count). The van der Waals surface area contributed by atoms with Gasteiger partial charge in [0.15, 0.2) is 0 Å². The Balaban J connectivity index is -0.000000582. The minimum atomic E-state index is -0.435. The number of ether oxygens (including phenoxy) is 3. The fraction of sp³-hybridized carbons (Fsp3) is 0.343. The lowest BCUT2D eigenvalue weighted by Crippen LogP contribution is -2.07. The molecule has 0 aliphatic rings. The first-order valence-corrected chi connectivity index (χ1v) is 14.0. The largest absolute Gasteiger partial charge is 0.493 e. The molecule has 0 amide bonds. The van der Waals surface area contributed by atoms with E-state index in [2.05, 4.69) is 19.7 Å². The highest BCUT2D eigenvalue weighted by atomic mass is 16.5. The molecule has 0 saturated carbocycles. The zero-order valence-electron chi connectivity index (χ0n) is 26.8. The fourth-order valence-corrected chi connectivity index (χ4v) is 2.48. The Bertz CT molecular complexity index is 1030. The quantitative estimate of drug-likeness (QED) is 0.0620. The van der Waals surface area contributed by atoms with E-state index in [1.54, 1.807) is 26.0 Å². The van der Waals surface area contributed by atoms with Crippen molar-refractivity contribution < 1.29 is 34.1 Å². The van der Waals surface area contributed by atoms with Gasteiger partial charge in [0.2, 0.25) is 0 Å². The standard InChI is InChI=1S/C26H28O5.C3H4O.3C2H6.H2O/c1-19(2)25(27)30-18-8-6-5-7-17-29-23-13-9-21(10-14-23)22-11-15-24(16-12-22)31-26(28)20(3)4;1-2-3-4;3*1-2;/h5-6,9-16H,1,3,7-8,17-18H2,2,4H3;2-3H,1H2;3*1-2H3;1H2/b6-5+;;;;;. The van der Waals surface area contributed by atoms with Gasteiger partial charge in [-0.05, 0) is 68.2 Å². The van der Waals surface area contributed by atoms with Crippen LogP contribution in [0.5, 0.6) is 11.5 Å². The maximum atomic E-state index is 11.6. The first-order chi connectivity index (χ1) is 19.8. The number of carbonyl (C=O) groups is 3. The summed E-state index contributed by atoms with van der Waals surface area (Å²) in [5.41, 5.74) is 2.81. The van der Waals surface area contributed by atoms with Crippen LogP contribution in [0.4, 0.5) is 0 Å². The zero-order chi connectivity index (χ0) is 32.1. The van der Waals surface area contributed by atoms with E-state index in [9.17, 15) is 9.59 Å². The summed E-state index contributed by atoms with van der Waals surface area (Å²) in [4.78, 5) is 31.9. The molecule has 7 heteroatoms. The van der Waals surface area contributed by atoms with Gasteiger partial charge in [-0.3, -0.25) is 4.79 Å². The molecule has 0 heterocycles. The minimum Gasteiger partial charge on any atom is -0.493 e. The Kier molecular flexibility index (Phi) is 33.4. The van der Waals surface area contributed by atoms with Gasteiger partial charge < -0.3 is 19.7 Å². The summed E-state index contributed by atoms with van der Waals surface area (Å²) in [6.07, 6.45) is 7.24. The van der Waals surface area contributed by atoms with Gasteiger partial charge in [-0.15, -0.1) is 0 Å². The van der Waals surface area contributed by atoms with Gasteiger partial charge in [-0.25, -0.2) is 9.59 Å². The lowest BCUT2D eigenvalue weighted by atomic mass is 10.1. The Labute approximate surface area is 253 Å². The predicted molar refractivity (Wildman–Crippen MR) is 176 cm³/mol. The Hall–Kier alpha value is -4.23. The van der Waals surface area contributed by atoms with Crippen molar-refractivity contribution in [3.8, 4) is 22.6 Å². The SMILES string of the molecule is C=C(C)C(=O)OCC/C=C/CCOc1ccc(-c2ccc(OC(=O)C(=C)C)cc2)cc1.C=CC=O.CC.CC.CC.O. The summed E-state index contributed by atoms with van der Waals surface area (Å²) in [7, 11) is 0. The molecule has 0 atom stereocenters. The number of aldehydes is 1. The van der Waals surface area contributed by atoms with E-state index in [0.29, 0.717) is 42.8 Å². The van der Waals surface area contributed by atoms with Crippen LogP contribution in [0.2, 0.25) is 0 Å². The molecule has 0 saturated heterocycles. The summed E-state index contributed by atoms with van der Waals surface area (Å²) >= 11 is 0. The summed E-state index contributed by atoms with van der Waals surface area (Å²) < 4.78 is 16.0. The van der Waals surface area contributed by atoms with Crippen LogP contribution in [-0.2, 0) is 19.1 Å². The third-order valence-electron chi connectivity index (χ3n) is 4.28. The summed E-state index contributed by atoms with van der Waals surface area (Å²) in [5.74, 6) is 0.482. The number of benzene rings is 2. The molecule has 0 radical (unpaired) electrons. The second kappa shape index (κ2) is 31.3. The maximum absolute atomic E-state index is 11.6. The topological polar surface area (TPSA) is 110 Å². The number of carbonyl (C=O) groups excluding carboxylic acids is 3. The van der Waals surface area contributed by atoms with Crippen LogP contribution >= 0.6 is 0 Å². The molecule has 2 N–H and O–H groups in total. The number of allylic oxidation sites excluding steroid dienone is 1. The molecule has 234 valence electrons. The van der Waals surface area contributed by atoms with E-state index < -0.39 is 5.97 Å². The van der Waals surface area contributed by atoms with Crippen LogP contribution < -0.4 is 9.47 Å². The molecule has 2 aromatic rings. The Morgan fingerprint density at radius 2 is 1.07 bits per heavy atom.